The van der Waals surface area contributed by atoms with E-state index in [1.54, 1.807) is 0 Å². The minimum absolute atomic E-state index is 0.00739. The van der Waals surface area contributed by atoms with Gasteiger partial charge < -0.3 is 19.1 Å². The standard InChI is InChI=1S/C30H53NO3/c1-30(2)29(23-9-5-4-6-10-23)28(26-16-15-25(32-3)21-27(26)34-30)22-11-13-24(14-12-22)33-20-19-31-17-7-8-18-31/h22-29H,4-21H2,1-3H3/t22?,24?,25?,26?,27?,28-,29+/m1/s1. The molecule has 196 valence electrons. The third-order valence-corrected chi connectivity index (χ3v) is 10.7. The van der Waals surface area contributed by atoms with Crippen LogP contribution in [0.15, 0.2) is 0 Å². The first-order valence-electron chi connectivity index (χ1n) is 15.1. The molecular weight excluding hydrogens is 422 g/mol. The van der Waals surface area contributed by atoms with Crippen molar-refractivity contribution < 1.29 is 14.2 Å². The van der Waals surface area contributed by atoms with Gasteiger partial charge in [-0.2, -0.15) is 0 Å². The van der Waals surface area contributed by atoms with Crippen molar-refractivity contribution in [1.29, 1.82) is 0 Å². The molecule has 34 heavy (non-hydrogen) atoms. The van der Waals surface area contributed by atoms with Crippen LogP contribution in [0.1, 0.15) is 104 Å². The van der Waals surface area contributed by atoms with Crippen LogP contribution >= 0.6 is 0 Å². The topological polar surface area (TPSA) is 30.9 Å². The Hall–Kier alpha value is -0.160. The summed E-state index contributed by atoms with van der Waals surface area (Å²) < 4.78 is 19.2. The monoisotopic (exact) mass is 475 g/mol. The van der Waals surface area contributed by atoms with Gasteiger partial charge in [-0.05, 0) is 108 Å². The number of rotatable bonds is 7. The first kappa shape index (κ1) is 25.5. The lowest BCUT2D eigenvalue weighted by Crippen LogP contribution is -2.59. The summed E-state index contributed by atoms with van der Waals surface area (Å²) in [4.78, 5) is 2.58. The summed E-state index contributed by atoms with van der Waals surface area (Å²) in [5, 5.41) is 0. The van der Waals surface area contributed by atoms with E-state index in [1.807, 2.05) is 7.11 Å². The molecule has 3 unspecified atom stereocenters. The van der Waals surface area contributed by atoms with Gasteiger partial charge in [0.05, 0.1) is 30.5 Å². The van der Waals surface area contributed by atoms with Gasteiger partial charge in [0.2, 0.25) is 0 Å². The van der Waals surface area contributed by atoms with Gasteiger partial charge in [-0.1, -0.05) is 32.1 Å². The molecule has 0 spiro atoms. The molecule has 2 aliphatic heterocycles. The highest BCUT2D eigenvalue weighted by Gasteiger charge is 2.55. The Bertz CT molecular complexity index is 619. The number of fused-ring (bicyclic) bond motifs is 1. The average molecular weight is 476 g/mol. The molecule has 5 atom stereocenters. The predicted octanol–water partition coefficient (Wildman–Crippen LogP) is 6.46. The van der Waals surface area contributed by atoms with Gasteiger partial charge in [-0.3, -0.25) is 0 Å². The van der Waals surface area contributed by atoms with Crippen molar-refractivity contribution >= 4 is 0 Å². The van der Waals surface area contributed by atoms with Gasteiger partial charge in [0.15, 0.2) is 0 Å². The van der Waals surface area contributed by atoms with Gasteiger partial charge in [0.25, 0.3) is 0 Å². The second kappa shape index (κ2) is 11.5. The van der Waals surface area contributed by atoms with E-state index in [2.05, 4.69) is 18.7 Å². The fraction of sp³-hybridized carbons (Fsp3) is 1.00. The molecule has 0 aromatic heterocycles. The molecule has 2 saturated heterocycles. The molecule has 5 aliphatic rings. The number of likely N-dealkylation sites (tertiary alicyclic amines) is 1. The van der Waals surface area contributed by atoms with Crippen LogP contribution in [0.3, 0.4) is 0 Å². The maximum Gasteiger partial charge on any atom is 0.0663 e. The maximum atomic E-state index is 7.01. The van der Waals surface area contributed by atoms with Crippen LogP contribution < -0.4 is 0 Å². The molecule has 2 heterocycles. The van der Waals surface area contributed by atoms with Crippen molar-refractivity contribution in [2.24, 2.45) is 29.6 Å². The van der Waals surface area contributed by atoms with Crippen molar-refractivity contribution in [2.45, 2.75) is 128 Å². The molecule has 4 nitrogen and oxygen atoms in total. The molecule has 0 radical (unpaired) electrons. The first-order chi connectivity index (χ1) is 16.5. The molecule has 4 heteroatoms. The van der Waals surface area contributed by atoms with Crippen molar-refractivity contribution in [3.05, 3.63) is 0 Å². The van der Waals surface area contributed by atoms with E-state index >= 15 is 0 Å². The lowest BCUT2D eigenvalue weighted by molar-refractivity contribution is -0.241. The zero-order chi connectivity index (χ0) is 23.5. The molecule has 5 fully saturated rings. The van der Waals surface area contributed by atoms with Crippen molar-refractivity contribution in [3.63, 3.8) is 0 Å². The molecule has 0 aromatic carbocycles. The Morgan fingerprint density at radius 3 is 2.21 bits per heavy atom. The van der Waals surface area contributed by atoms with Crippen LogP contribution in [0.2, 0.25) is 0 Å². The molecule has 0 amide bonds. The SMILES string of the molecule is COC1CCC2C(C1)OC(C)(C)[C@@H](C1CCCCC1)[C@@H]2C1CCC(OCCN2CCCC2)CC1. The normalized spacial score (nSPS) is 41.9. The Labute approximate surface area is 209 Å². The largest absolute Gasteiger partial charge is 0.381 e. The summed E-state index contributed by atoms with van der Waals surface area (Å²) in [6, 6.07) is 0. The number of ether oxygens (including phenoxy) is 3. The molecule has 0 bridgehead atoms. The van der Waals surface area contributed by atoms with Crippen LogP contribution in [-0.4, -0.2) is 62.2 Å². The Morgan fingerprint density at radius 2 is 1.50 bits per heavy atom. The summed E-state index contributed by atoms with van der Waals surface area (Å²) in [6.45, 7) is 9.53. The fourth-order valence-corrected chi connectivity index (χ4v) is 9.12. The highest BCUT2D eigenvalue weighted by molar-refractivity contribution is 5.03. The summed E-state index contributed by atoms with van der Waals surface area (Å²) in [5.74, 6) is 4.03. The van der Waals surface area contributed by atoms with Gasteiger partial charge >= 0.3 is 0 Å². The van der Waals surface area contributed by atoms with E-state index in [1.165, 1.54) is 96.6 Å². The van der Waals surface area contributed by atoms with E-state index in [0.717, 1.165) is 49.2 Å². The van der Waals surface area contributed by atoms with E-state index in [9.17, 15) is 0 Å². The van der Waals surface area contributed by atoms with Crippen molar-refractivity contribution in [2.75, 3.05) is 33.4 Å². The summed E-state index contributed by atoms with van der Waals surface area (Å²) in [5.41, 5.74) is -0.00739. The molecule has 3 saturated carbocycles. The zero-order valence-corrected chi connectivity index (χ0v) is 22.5. The van der Waals surface area contributed by atoms with E-state index < -0.39 is 0 Å². The van der Waals surface area contributed by atoms with Gasteiger partial charge in [0, 0.05) is 20.1 Å². The van der Waals surface area contributed by atoms with Crippen LogP contribution in [0.4, 0.5) is 0 Å². The minimum Gasteiger partial charge on any atom is -0.381 e. The second-order valence-corrected chi connectivity index (χ2v) is 13.1. The van der Waals surface area contributed by atoms with Crippen LogP contribution in [-0.2, 0) is 14.2 Å². The summed E-state index contributed by atoms with van der Waals surface area (Å²) in [6.07, 6.45) is 20.1. The van der Waals surface area contributed by atoms with E-state index in [-0.39, 0.29) is 5.60 Å². The molecule has 3 aliphatic carbocycles. The lowest BCUT2D eigenvalue weighted by atomic mass is 9.54. The maximum absolute atomic E-state index is 7.01. The molecular formula is C30H53NO3. The van der Waals surface area contributed by atoms with E-state index in [0.29, 0.717) is 18.3 Å². The van der Waals surface area contributed by atoms with Gasteiger partial charge in [-0.25, -0.2) is 0 Å². The molecule has 5 rings (SSSR count). The van der Waals surface area contributed by atoms with Gasteiger partial charge in [-0.15, -0.1) is 0 Å². The summed E-state index contributed by atoms with van der Waals surface area (Å²) >= 11 is 0. The van der Waals surface area contributed by atoms with Crippen LogP contribution in [0.5, 0.6) is 0 Å². The minimum atomic E-state index is -0.00739. The lowest BCUT2D eigenvalue weighted by Gasteiger charge is -2.59. The second-order valence-electron chi connectivity index (χ2n) is 13.1. The van der Waals surface area contributed by atoms with Gasteiger partial charge in [0.1, 0.15) is 0 Å². The third-order valence-electron chi connectivity index (χ3n) is 10.7. The average Bonchev–Trinajstić information content (AvgIpc) is 3.37. The Morgan fingerprint density at radius 1 is 0.794 bits per heavy atom. The van der Waals surface area contributed by atoms with Crippen molar-refractivity contribution in [1.82, 2.24) is 4.90 Å². The molecule has 0 N–H and O–H groups in total. The van der Waals surface area contributed by atoms with Crippen molar-refractivity contribution in [3.8, 4) is 0 Å². The fourth-order valence-electron chi connectivity index (χ4n) is 9.12. The smallest absolute Gasteiger partial charge is 0.0663 e. The summed E-state index contributed by atoms with van der Waals surface area (Å²) in [7, 11) is 1.90. The Kier molecular flexibility index (Phi) is 8.61. The quantitative estimate of drug-likeness (QED) is 0.423. The number of hydrogen-bond donors (Lipinski definition) is 0. The molecule has 0 aromatic rings. The van der Waals surface area contributed by atoms with Crippen LogP contribution in [0, 0.1) is 29.6 Å². The zero-order valence-electron chi connectivity index (χ0n) is 22.5. The first-order valence-corrected chi connectivity index (χ1v) is 15.1. The predicted molar refractivity (Wildman–Crippen MR) is 138 cm³/mol. The number of nitrogens with zero attached hydrogens (tertiary/aromatic N) is 1. The highest BCUT2D eigenvalue weighted by Crippen LogP contribution is 2.56. The Balaban J connectivity index is 1.25. The third kappa shape index (κ3) is 5.71. The number of hydrogen-bond acceptors (Lipinski definition) is 4. The van der Waals surface area contributed by atoms with Crippen LogP contribution in [0.25, 0.3) is 0 Å². The highest BCUT2D eigenvalue weighted by atomic mass is 16.5. The number of methoxy groups -OCH3 is 1. The van der Waals surface area contributed by atoms with E-state index in [4.69, 9.17) is 14.2 Å².